The molecule has 0 saturated heterocycles. The largest absolute Gasteiger partial charge is 0.481 e. The lowest BCUT2D eigenvalue weighted by Crippen LogP contribution is -2.27. The zero-order valence-electron chi connectivity index (χ0n) is 15.2. The fourth-order valence-corrected chi connectivity index (χ4v) is 2.49. The first-order valence-electron chi connectivity index (χ1n) is 8.19. The number of rotatable bonds is 5. The number of anilines is 1. The van der Waals surface area contributed by atoms with Crippen LogP contribution >= 0.6 is 0 Å². The number of carboxylic acids is 1. The van der Waals surface area contributed by atoms with Gasteiger partial charge in [0, 0.05) is 11.6 Å². The molecule has 0 saturated carbocycles. The Balaban J connectivity index is 2.50. The van der Waals surface area contributed by atoms with Gasteiger partial charge in [-0.2, -0.15) is 10.4 Å². The molecule has 2 atom stereocenters. The van der Waals surface area contributed by atoms with Crippen molar-refractivity contribution in [1.82, 2.24) is 9.78 Å². The maximum Gasteiger partial charge on any atom is 0.310 e. The van der Waals surface area contributed by atoms with E-state index in [4.69, 9.17) is 10.8 Å². The molecule has 0 radical (unpaired) electrons. The number of hydrogen-bond donors (Lipinski definition) is 2. The average molecular weight is 334 g/mol. The molecule has 2 rings (SSSR count). The van der Waals surface area contributed by atoms with Crippen LogP contribution in [-0.4, -0.2) is 44.4 Å². The molecule has 1 aromatic carbocycles. The molecule has 0 fully saturated rings. The zero-order chi connectivity index (χ0) is 18.9. The van der Waals surface area contributed by atoms with Crippen molar-refractivity contribution in [1.29, 1.82) is 5.26 Å². The summed E-state index contributed by atoms with van der Waals surface area (Å²) in [7, 11) is 6.27. The van der Waals surface area contributed by atoms with Gasteiger partial charge in [-0.15, -0.1) is 0 Å². The van der Waals surface area contributed by atoms with Gasteiger partial charge < -0.3 is 10.8 Å². The molecule has 25 heavy (non-hydrogen) atoms. The van der Waals surface area contributed by atoms with Crippen LogP contribution in [0.1, 0.15) is 36.9 Å². The van der Waals surface area contributed by atoms with Crippen LogP contribution in [0.4, 0.5) is 5.82 Å². The Morgan fingerprint density at radius 2 is 1.88 bits per heavy atom. The van der Waals surface area contributed by atoms with E-state index in [1.807, 2.05) is 6.92 Å². The number of nitrogen functional groups attached to an aromatic ring is 1. The topological polar surface area (TPSA) is 105 Å². The highest BCUT2D eigenvalue weighted by Gasteiger charge is 2.27. The first-order valence-corrected chi connectivity index (χ1v) is 8.19. The molecule has 1 aromatic heterocycles. The molecule has 2 aromatic rings. The summed E-state index contributed by atoms with van der Waals surface area (Å²) in [5, 5.41) is 23.1. The third-order valence-corrected chi connectivity index (χ3v) is 4.73. The number of benzene rings is 1. The minimum Gasteiger partial charge on any atom is -0.481 e. The van der Waals surface area contributed by atoms with E-state index in [1.54, 1.807) is 35.9 Å². The van der Waals surface area contributed by atoms with Gasteiger partial charge >= 0.3 is 5.97 Å². The van der Waals surface area contributed by atoms with Gasteiger partial charge in [-0.3, -0.25) is 4.79 Å². The fraction of sp³-hybridized carbons (Fsp3) is 0.312. The number of hydrogen-bond acceptors (Lipinski definition) is 4. The SMILES string of the molecule is BC(B)(B)C(C)n1nc(-c2ccc(C(C)C(=O)O)cc2)c(C#N)c1N. The predicted molar refractivity (Wildman–Crippen MR) is 106 cm³/mol. The Bertz CT molecular complexity index is 835. The molecule has 0 bridgehead atoms. The van der Waals surface area contributed by atoms with Crippen LogP contribution < -0.4 is 5.73 Å². The minimum absolute atomic E-state index is 0.0136. The summed E-state index contributed by atoms with van der Waals surface area (Å²) in [6, 6.07) is 9.21. The lowest BCUT2D eigenvalue weighted by atomic mass is 9.40. The minimum atomic E-state index is -0.877. The Morgan fingerprint density at radius 3 is 2.32 bits per heavy atom. The summed E-state index contributed by atoms with van der Waals surface area (Å²) >= 11 is 0. The van der Waals surface area contributed by atoms with Crippen LogP contribution in [0.15, 0.2) is 24.3 Å². The van der Waals surface area contributed by atoms with Crippen LogP contribution in [-0.2, 0) is 4.79 Å². The van der Waals surface area contributed by atoms with E-state index in [9.17, 15) is 10.1 Å². The van der Waals surface area contributed by atoms with Gasteiger partial charge in [0.2, 0.25) is 0 Å². The lowest BCUT2D eigenvalue weighted by molar-refractivity contribution is -0.138. The summed E-state index contributed by atoms with van der Waals surface area (Å²) in [5.41, 5.74) is 8.47. The normalized spacial score (nSPS) is 13.8. The van der Waals surface area contributed by atoms with Gasteiger partial charge in [-0.1, -0.05) is 29.4 Å². The average Bonchev–Trinajstić information content (AvgIpc) is 2.89. The van der Waals surface area contributed by atoms with E-state index < -0.39 is 11.9 Å². The zero-order valence-corrected chi connectivity index (χ0v) is 15.2. The van der Waals surface area contributed by atoms with Crippen molar-refractivity contribution in [3.8, 4) is 17.3 Å². The van der Waals surface area contributed by atoms with Crippen molar-refractivity contribution in [3.05, 3.63) is 35.4 Å². The molecule has 0 aliphatic rings. The Morgan fingerprint density at radius 1 is 1.32 bits per heavy atom. The Kier molecular flexibility index (Phi) is 5.03. The van der Waals surface area contributed by atoms with Crippen molar-refractivity contribution in [2.45, 2.75) is 30.9 Å². The maximum atomic E-state index is 11.1. The number of aromatic nitrogens is 2. The Labute approximate surface area is 150 Å². The Hall–Kier alpha value is -2.62. The molecule has 0 spiro atoms. The second-order valence-electron chi connectivity index (χ2n) is 7.39. The first kappa shape index (κ1) is 18.7. The number of carboxylic acid groups (broad SMARTS) is 1. The monoisotopic (exact) mass is 334 g/mol. The smallest absolute Gasteiger partial charge is 0.310 e. The van der Waals surface area contributed by atoms with Crippen LogP contribution in [0.25, 0.3) is 11.3 Å². The molecule has 0 amide bonds. The summed E-state index contributed by atoms with van der Waals surface area (Å²) in [6.07, 6.45) is 0. The van der Waals surface area contributed by atoms with Crippen molar-refractivity contribution < 1.29 is 9.90 Å². The third kappa shape index (κ3) is 3.58. The van der Waals surface area contributed by atoms with Crippen LogP contribution in [0.5, 0.6) is 0 Å². The van der Waals surface area contributed by atoms with Crippen molar-refractivity contribution in [2.75, 3.05) is 5.73 Å². The van der Waals surface area contributed by atoms with Gasteiger partial charge in [0.1, 0.15) is 23.1 Å². The fourth-order valence-electron chi connectivity index (χ4n) is 2.49. The number of nitrogens with two attached hydrogens (primary N) is 1. The van der Waals surface area contributed by atoms with Crippen LogP contribution in [0, 0.1) is 11.3 Å². The van der Waals surface area contributed by atoms with E-state index in [-0.39, 0.29) is 11.2 Å². The summed E-state index contributed by atoms with van der Waals surface area (Å²) in [6.45, 7) is 3.65. The molecular formula is C16H21B3N4O2. The van der Waals surface area contributed by atoms with Gasteiger partial charge in [0.05, 0.1) is 29.5 Å². The summed E-state index contributed by atoms with van der Waals surface area (Å²) < 4.78 is 1.70. The third-order valence-electron chi connectivity index (χ3n) is 4.73. The molecule has 6 nitrogen and oxygen atoms in total. The van der Waals surface area contributed by atoms with E-state index in [1.165, 1.54) is 0 Å². The number of nitrogens with zero attached hydrogens (tertiary/aromatic N) is 3. The van der Waals surface area contributed by atoms with Gasteiger partial charge in [0.15, 0.2) is 0 Å². The quantitative estimate of drug-likeness (QED) is 0.733. The second kappa shape index (κ2) is 6.71. The van der Waals surface area contributed by atoms with Crippen LogP contribution in [0.2, 0.25) is 5.11 Å². The lowest BCUT2D eigenvalue weighted by Gasteiger charge is -2.28. The first-order chi connectivity index (χ1) is 11.6. The summed E-state index contributed by atoms with van der Waals surface area (Å²) in [4.78, 5) is 11.1. The maximum absolute atomic E-state index is 11.1. The van der Waals surface area contributed by atoms with E-state index >= 15 is 0 Å². The second-order valence-corrected chi connectivity index (χ2v) is 7.39. The molecular weight excluding hydrogens is 313 g/mol. The predicted octanol–water partition coefficient (Wildman–Crippen LogP) is -0.274. The van der Waals surface area contributed by atoms with Crippen molar-refractivity contribution >= 4 is 35.3 Å². The molecule has 3 N–H and O–H groups in total. The molecule has 0 aliphatic heterocycles. The highest BCUT2D eigenvalue weighted by atomic mass is 16.4. The number of nitriles is 1. The van der Waals surface area contributed by atoms with Gasteiger partial charge in [-0.25, -0.2) is 4.68 Å². The van der Waals surface area contributed by atoms with Gasteiger partial charge in [-0.05, 0) is 19.4 Å². The highest BCUT2D eigenvalue weighted by molar-refractivity contribution is 6.59. The molecule has 0 aliphatic carbocycles. The van der Waals surface area contributed by atoms with Crippen LogP contribution in [0.3, 0.4) is 0 Å². The van der Waals surface area contributed by atoms with E-state index in [0.717, 1.165) is 5.56 Å². The molecule has 1 heterocycles. The molecule has 9 heteroatoms. The molecule has 126 valence electrons. The molecule has 2 unspecified atom stereocenters. The summed E-state index contributed by atoms with van der Waals surface area (Å²) in [5.74, 6) is -1.12. The van der Waals surface area contributed by atoms with Crippen molar-refractivity contribution in [3.63, 3.8) is 0 Å². The number of carbonyl (C=O) groups is 1. The van der Waals surface area contributed by atoms with E-state index in [0.29, 0.717) is 22.6 Å². The van der Waals surface area contributed by atoms with E-state index in [2.05, 4.69) is 34.7 Å². The van der Waals surface area contributed by atoms with Crippen molar-refractivity contribution in [2.24, 2.45) is 0 Å². The van der Waals surface area contributed by atoms with Gasteiger partial charge in [0.25, 0.3) is 0 Å². The highest BCUT2D eigenvalue weighted by Crippen LogP contribution is 2.34. The number of aliphatic carboxylic acids is 1. The standard InChI is InChI=1S/C16H21B3N4O2/c1-8(15(24)25)10-3-5-11(6-4-10)13-12(7-20)14(21)23(22-13)9(2)16(17,18)19/h3-6,8-9H,17-19,21H2,1-2H3,(H,24,25).